The highest BCUT2D eigenvalue weighted by Crippen LogP contribution is 2.17. The molecule has 0 aromatic heterocycles. The third kappa shape index (κ3) is 4.08. The lowest BCUT2D eigenvalue weighted by Crippen LogP contribution is -2.29. The second-order valence-corrected chi connectivity index (χ2v) is 2.97. The summed E-state index contributed by atoms with van der Waals surface area (Å²) in [6.07, 6.45) is 0. The Balaban J connectivity index is 0.00000225. The van der Waals surface area contributed by atoms with Gasteiger partial charge in [0.2, 0.25) is 0 Å². The smallest absolute Gasteiger partial charge is 0.255 e. The van der Waals surface area contributed by atoms with Gasteiger partial charge in [0.25, 0.3) is 5.91 Å². The molecule has 0 heterocycles. The number of rotatable bonds is 5. The van der Waals surface area contributed by atoms with Crippen molar-refractivity contribution in [3.8, 4) is 5.75 Å². The van der Waals surface area contributed by atoms with Crippen LogP contribution < -0.4 is 15.8 Å². The molecule has 0 radical (unpaired) electrons. The van der Waals surface area contributed by atoms with E-state index in [1.54, 1.807) is 18.2 Å². The Kier molecular flexibility index (Phi) is 7.33. The Hall–Kier alpha value is -1.26. The van der Waals surface area contributed by atoms with E-state index in [2.05, 4.69) is 5.32 Å². The van der Waals surface area contributed by atoms with E-state index in [1.807, 2.05) is 13.0 Å². The zero-order valence-corrected chi connectivity index (χ0v) is 10.0. The summed E-state index contributed by atoms with van der Waals surface area (Å²) in [5.41, 5.74) is 5.85. The van der Waals surface area contributed by atoms with E-state index in [0.717, 1.165) is 0 Å². The van der Waals surface area contributed by atoms with Gasteiger partial charge in [-0.3, -0.25) is 4.79 Å². The lowest BCUT2D eigenvalue weighted by atomic mass is 10.2. The van der Waals surface area contributed by atoms with E-state index < -0.39 is 0 Å². The summed E-state index contributed by atoms with van der Waals surface area (Å²) in [5, 5.41) is 2.70. The summed E-state index contributed by atoms with van der Waals surface area (Å²) >= 11 is 0. The monoisotopic (exact) mass is 244 g/mol. The average molecular weight is 245 g/mol. The molecule has 1 rings (SSSR count). The van der Waals surface area contributed by atoms with Crippen LogP contribution in [-0.2, 0) is 0 Å². The number of carbonyl (C=O) groups is 1. The number of benzene rings is 1. The van der Waals surface area contributed by atoms with Gasteiger partial charge in [-0.2, -0.15) is 0 Å². The number of nitrogens with one attached hydrogen (secondary N) is 1. The van der Waals surface area contributed by atoms with Crippen LogP contribution in [0, 0.1) is 0 Å². The summed E-state index contributed by atoms with van der Waals surface area (Å²) in [7, 11) is 0. The van der Waals surface area contributed by atoms with Crippen LogP contribution in [0.25, 0.3) is 0 Å². The maximum Gasteiger partial charge on any atom is 0.255 e. The molecule has 0 saturated carbocycles. The summed E-state index contributed by atoms with van der Waals surface area (Å²) < 4.78 is 5.35. The normalized spacial score (nSPS) is 9.12. The quantitative estimate of drug-likeness (QED) is 0.818. The minimum absolute atomic E-state index is 0. The molecule has 0 atom stereocenters. The van der Waals surface area contributed by atoms with E-state index >= 15 is 0 Å². The maximum absolute atomic E-state index is 11.7. The summed E-state index contributed by atoms with van der Waals surface area (Å²) in [6, 6.07) is 7.16. The highest BCUT2D eigenvalue weighted by Gasteiger charge is 2.10. The molecule has 1 aromatic carbocycles. The molecule has 90 valence electrons. The Bertz CT molecular complexity index is 332. The van der Waals surface area contributed by atoms with Gasteiger partial charge in [0, 0.05) is 13.1 Å². The molecule has 0 aliphatic rings. The van der Waals surface area contributed by atoms with Crippen molar-refractivity contribution in [1.29, 1.82) is 0 Å². The summed E-state index contributed by atoms with van der Waals surface area (Å²) in [6.45, 7) is 3.33. The maximum atomic E-state index is 11.7. The number of nitrogens with two attached hydrogens (primary N) is 1. The first-order valence-corrected chi connectivity index (χ1v) is 4.99. The number of hydrogen-bond acceptors (Lipinski definition) is 3. The number of ether oxygens (including phenoxy) is 1. The van der Waals surface area contributed by atoms with Crippen LogP contribution in [0.15, 0.2) is 24.3 Å². The molecule has 0 aliphatic heterocycles. The molecule has 0 saturated heterocycles. The fourth-order valence-corrected chi connectivity index (χ4v) is 1.22. The first-order chi connectivity index (χ1) is 7.29. The van der Waals surface area contributed by atoms with E-state index in [4.69, 9.17) is 10.5 Å². The first kappa shape index (κ1) is 14.7. The number of para-hydroxylation sites is 1. The number of amides is 1. The van der Waals surface area contributed by atoms with Gasteiger partial charge < -0.3 is 15.8 Å². The molecule has 3 N–H and O–H groups in total. The second kappa shape index (κ2) is 7.96. The molecule has 4 nitrogen and oxygen atoms in total. The zero-order valence-electron chi connectivity index (χ0n) is 9.23. The van der Waals surface area contributed by atoms with Crippen molar-refractivity contribution in [3.05, 3.63) is 29.8 Å². The third-order valence-corrected chi connectivity index (χ3v) is 1.86. The van der Waals surface area contributed by atoms with Crippen LogP contribution in [0.4, 0.5) is 0 Å². The standard InChI is InChI=1S/C11H16N2O2.ClH/c1-2-15-10-6-4-3-5-9(10)11(14)13-8-7-12;/h3-6H,2,7-8,12H2,1H3,(H,13,14);1H. The fraction of sp³-hybridized carbons (Fsp3) is 0.364. The van der Waals surface area contributed by atoms with E-state index in [-0.39, 0.29) is 18.3 Å². The van der Waals surface area contributed by atoms with Gasteiger partial charge in [0.15, 0.2) is 0 Å². The molecule has 16 heavy (non-hydrogen) atoms. The van der Waals surface area contributed by atoms with Gasteiger partial charge in [-0.05, 0) is 19.1 Å². The molecule has 0 aliphatic carbocycles. The Labute approximate surface area is 102 Å². The highest BCUT2D eigenvalue weighted by atomic mass is 35.5. The van der Waals surface area contributed by atoms with Gasteiger partial charge in [-0.1, -0.05) is 12.1 Å². The topological polar surface area (TPSA) is 64.3 Å². The number of hydrogen-bond donors (Lipinski definition) is 2. The molecule has 0 fully saturated rings. The lowest BCUT2D eigenvalue weighted by Gasteiger charge is -2.09. The SMILES string of the molecule is CCOc1ccccc1C(=O)NCCN.Cl. The largest absolute Gasteiger partial charge is 0.493 e. The molecule has 1 aromatic rings. The van der Waals surface area contributed by atoms with Gasteiger partial charge >= 0.3 is 0 Å². The van der Waals surface area contributed by atoms with Crippen LogP contribution in [0.3, 0.4) is 0 Å². The van der Waals surface area contributed by atoms with Crippen molar-refractivity contribution >= 4 is 18.3 Å². The Morgan fingerprint density at radius 1 is 1.44 bits per heavy atom. The minimum atomic E-state index is -0.149. The van der Waals surface area contributed by atoms with E-state index in [9.17, 15) is 4.79 Å². The predicted octanol–water partition coefficient (Wildman–Crippen LogP) is 1.20. The predicted molar refractivity (Wildman–Crippen MR) is 66.2 cm³/mol. The Morgan fingerprint density at radius 3 is 2.75 bits per heavy atom. The van der Waals surface area contributed by atoms with Gasteiger partial charge in [-0.25, -0.2) is 0 Å². The molecular weight excluding hydrogens is 228 g/mol. The molecule has 0 bridgehead atoms. The van der Waals surface area contributed by atoms with Crippen molar-refractivity contribution in [3.63, 3.8) is 0 Å². The van der Waals surface area contributed by atoms with Crippen molar-refractivity contribution in [2.45, 2.75) is 6.92 Å². The van der Waals surface area contributed by atoms with Crippen LogP contribution in [0.1, 0.15) is 17.3 Å². The van der Waals surface area contributed by atoms with Crippen molar-refractivity contribution in [1.82, 2.24) is 5.32 Å². The summed E-state index contributed by atoms with van der Waals surface area (Å²) in [4.78, 5) is 11.7. The highest BCUT2D eigenvalue weighted by molar-refractivity contribution is 5.96. The average Bonchev–Trinajstić information content (AvgIpc) is 2.27. The molecule has 0 spiro atoms. The third-order valence-electron chi connectivity index (χ3n) is 1.86. The summed E-state index contributed by atoms with van der Waals surface area (Å²) in [5.74, 6) is 0.457. The van der Waals surface area contributed by atoms with Gasteiger partial charge in [0.05, 0.1) is 12.2 Å². The number of halogens is 1. The zero-order chi connectivity index (χ0) is 11.1. The molecule has 5 heteroatoms. The lowest BCUT2D eigenvalue weighted by molar-refractivity contribution is 0.0951. The molecule has 1 amide bonds. The van der Waals surface area contributed by atoms with Crippen LogP contribution in [0.5, 0.6) is 5.75 Å². The van der Waals surface area contributed by atoms with Crippen LogP contribution in [-0.4, -0.2) is 25.6 Å². The first-order valence-electron chi connectivity index (χ1n) is 4.99. The minimum Gasteiger partial charge on any atom is -0.493 e. The number of carbonyl (C=O) groups excluding carboxylic acids is 1. The van der Waals surface area contributed by atoms with Crippen molar-refractivity contribution < 1.29 is 9.53 Å². The van der Waals surface area contributed by atoms with E-state index in [1.165, 1.54) is 0 Å². The van der Waals surface area contributed by atoms with Gasteiger partial charge in [0.1, 0.15) is 5.75 Å². The van der Waals surface area contributed by atoms with Gasteiger partial charge in [-0.15, -0.1) is 12.4 Å². The fourth-order valence-electron chi connectivity index (χ4n) is 1.22. The van der Waals surface area contributed by atoms with Crippen molar-refractivity contribution in [2.75, 3.05) is 19.7 Å². The van der Waals surface area contributed by atoms with Crippen molar-refractivity contribution in [2.24, 2.45) is 5.73 Å². The molecular formula is C11H17ClN2O2. The van der Waals surface area contributed by atoms with E-state index in [0.29, 0.717) is 31.0 Å². The van der Waals surface area contributed by atoms with Crippen LogP contribution >= 0.6 is 12.4 Å². The molecule has 0 unspecified atom stereocenters. The Morgan fingerprint density at radius 2 is 2.12 bits per heavy atom. The van der Waals surface area contributed by atoms with Crippen LogP contribution in [0.2, 0.25) is 0 Å². The second-order valence-electron chi connectivity index (χ2n) is 2.97.